The maximum atomic E-state index is 8.48. The van der Waals surface area contributed by atoms with Crippen LogP contribution >= 0.6 is 0 Å². The molecule has 0 bridgehead atoms. The van der Waals surface area contributed by atoms with E-state index in [1.54, 1.807) is 12.1 Å². The topological polar surface area (TPSA) is 59.6 Å². The number of aryl methyl sites for hydroxylation is 1. The smallest absolute Gasteiger partial charge is 0.145 e. The van der Waals surface area contributed by atoms with Gasteiger partial charge in [0.25, 0.3) is 0 Å². The summed E-state index contributed by atoms with van der Waals surface area (Å²) in [5, 5.41) is 19.9. The minimum Gasteiger partial charge on any atom is -0.389 e. The lowest BCUT2D eigenvalue weighted by Crippen LogP contribution is -2.08. The van der Waals surface area contributed by atoms with Crippen molar-refractivity contribution < 1.29 is 0 Å². The second kappa shape index (κ2) is 7.09. The predicted octanol–water partition coefficient (Wildman–Crippen LogP) is 2.14. The molecule has 0 saturated carbocycles. The molecule has 0 radical (unpaired) electrons. The van der Waals surface area contributed by atoms with Gasteiger partial charge in [0.2, 0.25) is 0 Å². The fraction of sp³-hybridized carbons (Fsp3) is 0.231. The Labute approximate surface area is 95.6 Å². The van der Waals surface area contributed by atoms with Gasteiger partial charge < -0.3 is 5.32 Å². The van der Waals surface area contributed by atoms with Gasteiger partial charge in [0, 0.05) is 12.7 Å². The number of nitrogens with one attached hydrogen (secondary N) is 1. The normalized spacial score (nSPS) is 8.62. The summed E-state index contributed by atoms with van der Waals surface area (Å²) < 4.78 is 0. The van der Waals surface area contributed by atoms with Gasteiger partial charge in [-0.25, -0.2) is 0 Å². The standard InChI is InChI=1S/C13H13N3/c14-9-13(10-15)11-16-8-4-7-12-5-2-1-3-6-12/h1-3,5-6,11,16H,4,7-8H2. The van der Waals surface area contributed by atoms with Gasteiger partial charge in [-0.2, -0.15) is 10.5 Å². The van der Waals surface area contributed by atoms with Crippen molar-refractivity contribution in [3.63, 3.8) is 0 Å². The van der Waals surface area contributed by atoms with Crippen LogP contribution in [0.2, 0.25) is 0 Å². The molecular weight excluding hydrogens is 198 g/mol. The maximum absolute atomic E-state index is 8.48. The Hall–Kier alpha value is -2.26. The van der Waals surface area contributed by atoms with Crippen LogP contribution in [0, 0.1) is 22.7 Å². The molecule has 0 amide bonds. The van der Waals surface area contributed by atoms with Gasteiger partial charge in [0.1, 0.15) is 17.7 Å². The van der Waals surface area contributed by atoms with Crippen molar-refractivity contribution >= 4 is 0 Å². The summed E-state index contributed by atoms with van der Waals surface area (Å²) in [6, 6.07) is 13.8. The van der Waals surface area contributed by atoms with Crippen molar-refractivity contribution in [2.24, 2.45) is 0 Å². The van der Waals surface area contributed by atoms with Crippen molar-refractivity contribution in [3.8, 4) is 12.1 Å². The van der Waals surface area contributed by atoms with Crippen LogP contribution in [0.5, 0.6) is 0 Å². The first-order valence-electron chi connectivity index (χ1n) is 5.14. The number of hydrogen-bond acceptors (Lipinski definition) is 3. The molecule has 0 unspecified atom stereocenters. The second-order valence-electron chi connectivity index (χ2n) is 3.32. The maximum Gasteiger partial charge on any atom is 0.145 e. The van der Waals surface area contributed by atoms with Crippen LogP contribution in [-0.4, -0.2) is 6.54 Å². The van der Waals surface area contributed by atoms with Crippen molar-refractivity contribution in [2.45, 2.75) is 12.8 Å². The monoisotopic (exact) mass is 211 g/mol. The van der Waals surface area contributed by atoms with Gasteiger partial charge >= 0.3 is 0 Å². The number of allylic oxidation sites excluding steroid dienone is 1. The third-order valence-electron chi connectivity index (χ3n) is 2.12. The van der Waals surface area contributed by atoms with Gasteiger partial charge in [-0.15, -0.1) is 0 Å². The van der Waals surface area contributed by atoms with Crippen molar-refractivity contribution in [1.29, 1.82) is 10.5 Å². The lowest BCUT2D eigenvalue weighted by atomic mass is 10.1. The number of nitriles is 2. The summed E-state index contributed by atoms with van der Waals surface area (Å²) in [6.07, 6.45) is 3.44. The molecule has 1 aromatic rings. The van der Waals surface area contributed by atoms with Gasteiger partial charge in [-0.3, -0.25) is 0 Å². The van der Waals surface area contributed by atoms with E-state index in [1.807, 2.05) is 18.2 Å². The molecule has 0 aliphatic heterocycles. The summed E-state index contributed by atoms with van der Waals surface area (Å²) >= 11 is 0. The van der Waals surface area contributed by atoms with Gasteiger partial charge in [0.05, 0.1) is 0 Å². The predicted molar refractivity (Wildman–Crippen MR) is 62.1 cm³/mol. The Morgan fingerprint density at radius 3 is 2.50 bits per heavy atom. The van der Waals surface area contributed by atoms with E-state index >= 15 is 0 Å². The zero-order chi connectivity index (χ0) is 11.6. The van der Waals surface area contributed by atoms with E-state index in [0.717, 1.165) is 19.4 Å². The Bertz CT molecular complexity index is 405. The molecule has 0 fully saturated rings. The fourth-order valence-corrected chi connectivity index (χ4v) is 1.30. The van der Waals surface area contributed by atoms with Crippen LogP contribution in [0.15, 0.2) is 42.1 Å². The van der Waals surface area contributed by atoms with E-state index in [4.69, 9.17) is 10.5 Å². The molecule has 3 nitrogen and oxygen atoms in total. The molecule has 0 spiro atoms. The Balaban J connectivity index is 2.21. The van der Waals surface area contributed by atoms with Gasteiger partial charge in [0.15, 0.2) is 0 Å². The van der Waals surface area contributed by atoms with Crippen molar-refractivity contribution in [3.05, 3.63) is 47.7 Å². The second-order valence-corrected chi connectivity index (χ2v) is 3.32. The SMILES string of the molecule is N#CC(C#N)=CNCCCc1ccccc1. The molecule has 80 valence electrons. The molecule has 1 N–H and O–H groups in total. The van der Waals surface area contributed by atoms with E-state index in [9.17, 15) is 0 Å². The summed E-state index contributed by atoms with van der Waals surface area (Å²) in [7, 11) is 0. The molecular formula is C13H13N3. The zero-order valence-corrected chi connectivity index (χ0v) is 8.98. The van der Waals surface area contributed by atoms with Crippen LogP contribution < -0.4 is 5.32 Å². The molecule has 0 aliphatic carbocycles. The first-order chi connectivity index (χ1) is 7.86. The first kappa shape index (κ1) is 11.8. The highest BCUT2D eigenvalue weighted by Gasteiger charge is 1.92. The Morgan fingerprint density at radius 1 is 1.19 bits per heavy atom. The molecule has 1 rings (SSSR count). The molecule has 0 saturated heterocycles. The van der Waals surface area contributed by atoms with Gasteiger partial charge in [-0.1, -0.05) is 30.3 Å². The van der Waals surface area contributed by atoms with Crippen LogP contribution in [0.1, 0.15) is 12.0 Å². The molecule has 0 heterocycles. The van der Waals surface area contributed by atoms with E-state index in [0.29, 0.717) is 0 Å². The van der Waals surface area contributed by atoms with E-state index in [2.05, 4.69) is 17.4 Å². The minimum absolute atomic E-state index is 0.111. The van der Waals surface area contributed by atoms with Crippen LogP contribution in [0.4, 0.5) is 0 Å². The van der Waals surface area contributed by atoms with Crippen LogP contribution in [-0.2, 0) is 6.42 Å². The third kappa shape index (κ3) is 4.30. The molecule has 1 aromatic carbocycles. The van der Waals surface area contributed by atoms with E-state index < -0.39 is 0 Å². The lowest BCUT2D eigenvalue weighted by Gasteiger charge is -2.01. The Morgan fingerprint density at radius 2 is 1.88 bits per heavy atom. The molecule has 0 aromatic heterocycles. The molecule has 0 atom stereocenters. The largest absolute Gasteiger partial charge is 0.389 e. The Kier molecular flexibility index (Phi) is 5.23. The lowest BCUT2D eigenvalue weighted by molar-refractivity contribution is 0.750. The van der Waals surface area contributed by atoms with Crippen LogP contribution in [0.3, 0.4) is 0 Å². The van der Waals surface area contributed by atoms with Crippen LogP contribution in [0.25, 0.3) is 0 Å². The summed E-state index contributed by atoms with van der Waals surface area (Å²) in [4.78, 5) is 0. The quantitative estimate of drug-likeness (QED) is 0.599. The zero-order valence-electron chi connectivity index (χ0n) is 8.98. The fourth-order valence-electron chi connectivity index (χ4n) is 1.30. The summed E-state index contributed by atoms with van der Waals surface area (Å²) in [5.74, 6) is 0. The minimum atomic E-state index is 0.111. The third-order valence-corrected chi connectivity index (χ3v) is 2.12. The molecule has 16 heavy (non-hydrogen) atoms. The summed E-state index contributed by atoms with van der Waals surface area (Å²) in [5.41, 5.74) is 1.41. The summed E-state index contributed by atoms with van der Waals surface area (Å²) in [6.45, 7) is 0.766. The number of hydrogen-bond donors (Lipinski definition) is 1. The average Bonchev–Trinajstić information content (AvgIpc) is 2.35. The first-order valence-corrected chi connectivity index (χ1v) is 5.14. The van der Waals surface area contributed by atoms with Gasteiger partial charge in [-0.05, 0) is 18.4 Å². The highest BCUT2D eigenvalue weighted by atomic mass is 14.8. The highest BCUT2D eigenvalue weighted by molar-refractivity contribution is 5.34. The molecule has 3 heteroatoms. The number of rotatable bonds is 5. The number of benzene rings is 1. The van der Waals surface area contributed by atoms with E-state index in [1.165, 1.54) is 11.8 Å². The average molecular weight is 211 g/mol. The van der Waals surface area contributed by atoms with E-state index in [-0.39, 0.29) is 5.57 Å². The molecule has 0 aliphatic rings. The highest BCUT2D eigenvalue weighted by Crippen LogP contribution is 2.01. The number of nitrogens with zero attached hydrogens (tertiary/aromatic N) is 2. The van der Waals surface area contributed by atoms with Crippen molar-refractivity contribution in [2.75, 3.05) is 6.54 Å². The van der Waals surface area contributed by atoms with Crippen molar-refractivity contribution in [1.82, 2.24) is 5.32 Å².